The van der Waals surface area contributed by atoms with Crippen molar-refractivity contribution >= 4 is 11.0 Å². The first-order chi connectivity index (χ1) is 20.9. The number of aromatic hydroxyl groups is 3. The van der Waals surface area contributed by atoms with E-state index in [1.54, 1.807) is 0 Å². The van der Waals surface area contributed by atoms with Crippen LogP contribution in [0.5, 0.6) is 28.7 Å². The molecule has 17 heteroatoms. The van der Waals surface area contributed by atoms with Gasteiger partial charge in [0.1, 0.15) is 65.7 Å². The third kappa shape index (κ3) is 5.50. The Balaban J connectivity index is 1.67. The van der Waals surface area contributed by atoms with Crippen LogP contribution in [0.2, 0.25) is 0 Å². The lowest BCUT2D eigenvalue weighted by atomic mass is 9.99. The summed E-state index contributed by atoms with van der Waals surface area (Å²) in [7, 11) is 0. The summed E-state index contributed by atoms with van der Waals surface area (Å²) in [5.41, 5.74) is -1.33. The number of ether oxygens (including phenoxy) is 4. The lowest BCUT2D eigenvalue weighted by molar-refractivity contribution is -0.279. The van der Waals surface area contributed by atoms with E-state index in [1.165, 1.54) is 24.3 Å². The molecule has 2 aromatic carbocycles. The summed E-state index contributed by atoms with van der Waals surface area (Å²) in [6.45, 7) is -1.67. The highest BCUT2D eigenvalue weighted by Gasteiger charge is 2.47. The largest absolute Gasteiger partial charge is 0.508 e. The molecule has 2 aliphatic rings. The Morgan fingerprint density at radius 3 is 1.66 bits per heavy atom. The number of aliphatic hydroxyl groups excluding tert-OH is 8. The second-order valence-corrected chi connectivity index (χ2v) is 10.2. The molecule has 0 aliphatic carbocycles. The van der Waals surface area contributed by atoms with E-state index in [-0.39, 0.29) is 17.1 Å². The average molecular weight is 627 g/mol. The van der Waals surface area contributed by atoms with Crippen LogP contribution in [0.4, 0.5) is 0 Å². The number of phenolic OH excluding ortho intramolecular Hbond substituents is 3. The molecule has 1 aromatic heterocycles. The van der Waals surface area contributed by atoms with Crippen molar-refractivity contribution in [1.82, 2.24) is 0 Å². The van der Waals surface area contributed by atoms with Crippen LogP contribution < -0.4 is 14.9 Å². The Labute approximate surface area is 246 Å². The second kappa shape index (κ2) is 12.3. The van der Waals surface area contributed by atoms with Crippen molar-refractivity contribution in [3.63, 3.8) is 0 Å². The molecule has 44 heavy (non-hydrogen) atoms. The molecule has 0 spiro atoms. The van der Waals surface area contributed by atoms with E-state index in [2.05, 4.69) is 0 Å². The Morgan fingerprint density at radius 1 is 0.659 bits per heavy atom. The molecule has 2 saturated heterocycles. The maximum Gasteiger partial charge on any atom is 0.229 e. The Morgan fingerprint density at radius 2 is 1.16 bits per heavy atom. The number of aliphatic hydroxyl groups is 8. The number of phenols is 3. The maximum atomic E-state index is 13.3. The van der Waals surface area contributed by atoms with Gasteiger partial charge in [-0.1, -0.05) is 0 Å². The van der Waals surface area contributed by atoms with Gasteiger partial charge in [-0.2, -0.15) is 0 Å². The zero-order valence-electron chi connectivity index (χ0n) is 22.4. The normalized spacial score (nSPS) is 32.5. The Hall–Kier alpha value is -3.75. The molecule has 17 nitrogen and oxygen atoms in total. The molecular weight excluding hydrogens is 596 g/mol. The van der Waals surface area contributed by atoms with Crippen molar-refractivity contribution in [2.75, 3.05) is 13.2 Å². The van der Waals surface area contributed by atoms with Gasteiger partial charge in [0, 0.05) is 11.6 Å². The Kier molecular flexibility index (Phi) is 8.87. The van der Waals surface area contributed by atoms with Gasteiger partial charge >= 0.3 is 0 Å². The monoisotopic (exact) mass is 626 g/mol. The molecule has 5 rings (SSSR count). The zero-order valence-corrected chi connectivity index (χ0v) is 22.4. The van der Waals surface area contributed by atoms with Gasteiger partial charge in [0.25, 0.3) is 0 Å². The van der Waals surface area contributed by atoms with Gasteiger partial charge in [-0.25, -0.2) is 0 Å². The predicted octanol–water partition coefficient (Wildman–Crippen LogP) is -3.07. The molecule has 0 unspecified atom stereocenters. The van der Waals surface area contributed by atoms with Crippen LogP contribution in [0.25, 0.3) is 22.3 Å². The molecule has 0 radical (unpaired) electrons. The van der Waals surface area contributed by atoms with E-state index in [0.717, 1.165) is 6.07 Å². The summed E-state index contributed by atoms with van der Waals surface area (Å²) in [4.78, 5) is 13.3. The number of hydrogen-bond donors (Lipinski definition) is 11. The number of hydrogen-bond acceptors (Lipinski definition) is 17. The van der Waals surface area contributed by atoms with Crippen molar-refractivity contribution in [2.24, 2.45) is 0 Å². The first-order valence-corrected chi connectivity index (χ1v) is 13.2. The summed E-state index contributed by atoms with van der Waals surface area (Å²) in [6, 6.07) is 6.29. The third-order valence-corrected chi connectivity index (χ3v) is 7.35. The standard InChI is InChI=1S/C27H30O17/c28-6-12-15(32)18(35)20(37)26(41-12)43-24-17(34)14-10(31)5-11(8-1-3-9(30)4-2-8)40-23(14)25(22(24)39)44-27-21(38)19(36)16(33)13(7-29)42-27/h1-5,12-13,15-16,18-21,26-30,32-39H,6-7H2/t12-,13-,15+,16-,18-,19+,20+,21-,26+,27+/m1/s1. The molecule has 3 heterocycles. The molecule has 3 aromatic rings. The van der Waals surface area contributed by atoms with Crippen molar-refractivity contribution < 1.29 is 79.5 Å². The fourth-order valence-electron chi connectivity index (χ4n) is 4.86. The minimum Gasteiger partial charge on any atom is -0.508 e. The summed E-state index contributed by atoms with van der Waals surface area (Å²) in [5, 5.41) is 112. The highest BCUT2D eigenvalue weighted by Crippen LogP contribution is 2.51. The fourth-order valence-corrected chi connectivity index (χ4v) is 4.86. The SMILES string of the molecule is O=c1cc(-c2ccc(O)cc2)oc2c(O[C@@H]3O[C@H](CO)[C@@H](O)[C@H](O)[C@H]3O)c(O)c(O[C@@H]3O[C@H](CO)[C@H](O)[C@@H](O)[C@@H]3O)c(O)c12. The molecule has 2 fully saturated rings. The van der Waals surface area contributed by atoms with Crippen LogP contribution in [0.1, 0.15) is 0 Å². The highest BCUT2D eigenvalue weighted by atomic mass is 16.7. The Bertz CT molecular complexity index is 1540. The molecular formula is C27H30O17. The van der Waals surface area contributed by atoms with Gasteiger partial charge in [0.05, 0.1) is 13.2 Å². The van der Waals surface area contributed by atoms with E-state index in [0.29, 0.717) is 0 Å². The smallest absolute Gasteiger partial charge is 0.229 e. The van der Waals surface area contributed by atoms with Gasteiger partial charge in [0.15, 0.2) is 16.8 Å². The lowest BCUT2D eigenvalue weighted by Gasteiger charge is -2.40. The second-order valence-electron chi connectivity index (χ2n) is 10.2. The van der Waals surface area contributed by atoms with E-state index in [4.69, 9.17) is 23.4 Å². The van der Waals surface area contributed by atoms with Crippen LogP contribution in [-0.4, -0.2) is 131 Å². The van der Waals surface area contributed by atoms with Crippen LogP contribution in [0.3, 0.4) is 0 Å². The van der Waals surface area contributed by atoms with E-state index >= 15 is 0 Å². The van der Waals surface area contributed by atoms with Crippen molar-refractivity contribution in [2.45, 2.75) is 61.4 Å². The number of benzene rings is 2. The van der Waals surface area contributed by atoms with Gasteiger partial charge in [0.2, 0.25) is 29.8 Å². The predicted molar refractivity (Wildman–Crippen MR) is 142 cm³/mol. The molecule has 0 amide bonds. The van der Waals surface area contributed by atoms with Crippen LogP contribution in [-0.2, 0) is 9.47 Å². The first-order valence-electron chi connectivity index (χ1n) is 13.2. The van der Waals surface area contributed by atoms with Crippen molar-refractivity contribution in [3.8, 4) is 40.1 Å². The minimum absolute atomic E-state index is 0.103. The first kappa shape index (κ1) is 31.7. The van der Waals surface area contributed by atoms with Crippen LogP contribution in [0, 0.1) is 0 Å². The fraction of sp³-hybridized carbons (Fsp3) is 0.444. The van der Waals surface area contributed by atoms with Gasteiger partial charge in [-0.05, 0) is 24.3 Å². The van der Waals surface area contributed by atoms with E-state index in [1.807, 2.05) is 0 Å². The molecule has 11 N–H and O–H groups in total. The molecule has 2 aliphatic heterocycles. The summed E-state index contributed by atoms with van der Waals surface area (Å²) in [6.07, 6.45) is -18.2. The minimum atomic E-state index is -2.01. The molecule has 0 bridgehead atoms. The number of rotatable bonds is 7. The highest BCUT2D eigenvalue weighted by molar-refractivity contribution is 5.95. The molecule has 0 saturated carbocycles. The maximum absolute atomic E-state index is 13.3. The lowest BCUT2D eigenvalue weighted by Crippen LogP contribution is -2.60. The topological polar surface area (TPSA) is 290 Å². The summed E-state index contributed by atoms with van der Waals surface area (Å²) >= 11 is 0. The molecule has 240 valence electrons. The number of fused-ring (bicyclic) bond motifs is 1. The third-order valence-electron chi connectivity index (χ3n) is 7.35. The summed E-state index contributed by atoms with van der Waals surface area (Å²) in [5.74, 6) is -4.28. The van der Waals surface area contributed by atoms with Crippen molar-refractivity contribution in [3.05, 3.63) is 40.6 Å². The van der Waals surface area contributed by atoms with Gasteiger partial charge in [-0.15, -0.1) is 0 Å². The van der Waals surface area contributed by atoms with E-state index in [9.17, 15) is 61.0 Å². The van der Waals surface area contributed by atoms with Gasteiger partial charge < -0.3 is 79.5 Å². The zero-order chi connectivity index (χ0) is 32.0. The summed E-state index contributed by atoms with van der Waals surface area (Å²) < 4.78 is 27.5. The van der Waals surface area contributed by atoms with Crippen LogP contribution in [0.15, 0.2) is 39.5 Å². The van der Waals surface area contributed by atoms with Gasteiger partial charge in [-0.3, -0.25) is 4.79 Å². The quantitative estimate of drug-likeness (QED) is 0.124. The average Bonchev–Trinajstić information content (AvgIpc) is 3.01. The van der Waals surface area contributed by atoms with Crippen molar-refractivity contribution in [1.29, 1.82) is 0 Å². The van der Waals surface area contributed by atoms with E-state index < -0.39 is 114 Å². The van der Waals surface area contributed by atoms with Crippen LogP contribution >= 0.6 is 0 Å². The molecule has 10 atom stereocenters.